The molecule has 0 saturated carbocycles. The van der Waals surface area contributed by atoms with Crippen LogP contribution in [-0.2, 0) is 17.8 Å². The van der Waals surface area contributed by atoms with Crippen molar-refractivity contribution in [3.8, 4) is 0 Å². The van der Waals surface area contributed by atoms with Gasteiger partial charge in [-0.25, -0.2) is 4.39 Å². The van der Waals surface area contributed by atoms with E-state index in [0.717, 1.165) is 12.8 Å². The van der Waals surface area contributed by atoms with Gasteiger partial charge in [-0.1, -0.05) is 24.3 Å². The normalized spacial score (nSPS) is 10.4. The molecule has 0 spiro atoms. The van der Waals surface area contributed by atoms with Gasteiger partial charge in [0.1, 0.15) is 5.82 Å². The second-order valence-corrected chi connectivity index (χ2v) is 5.33. The van der Waals surface area contributed by atoms with Crippen molar-refractivity contribution >= 4 is 17.2 Å². The van der Waals surface area contributed by atoms with Crippen molar-refractivity contribution in [1.29, 1.82) is 0 Å². The number of rotatable bonds is 6. The molecule has 4 heteroatoms. The van der Waals surface area contributed by atoms with Crippen LogP contribution in [0.2, 0.25) is 0 Å². The van der Waals surface area contributed by atoms with Gasteiger partial charge in [-0.2, -0.15) is 0 Å². The molecule has 0 bridgehead atoms. The summed E-state index contributed by atoms with van der Waals surface area (Å²) in [4.78, 5) is 12.9. The van der Waals surface area contributed by atoms with E-state index >= 15 is 0 Å². The number of nitrogens with one attached hydrogen (secondary N) is 1. The minimum Gasteiger partial charge on any atom is -0.352 e. The molecule has 0 atom stereocenters. The summed E-state index contributed by atoms with van der Waals surface area (Å²) in [6.45, 7) is 0.254. The average molecular weight is 277 g/mol. The molecule has 0 aliphatic heterocycles. The largest absolute Gasteiger partial charge is 0.352 e. The van der Waals surface area contributed by atoms with Gasteiger partial charge in [0.2, 0.25) is 5.91 Å². The van der Waals surface area contributed by atoms with Crippen LogP contribution in [0.25, 0.3) is 0 Å². The topological polar surface area (TPSA) is 29.1 Å². The lowest BCUT2D eigenvalue weighted by Gasteiger charge is -2.06. The lowest BCUT2D eigenvalue weighted by Crippen LogP contribution is -2.23. The fourth-order valence-electron chi connectivity index (χ4n) is 1.80. The summed E-state index contributed by atoms with van der Waals surface area (Å²) in [6.07, 6.45) is 2.22. The highest BCUT2D eigenvalue weighted by molar-refractivity contribution is 7.09. The smallest absolute Gasteiger partial charge is 0.220 e. The van der Waals surface area contributed by atoms with E-state index in [0.29, 0.717) is 12.0 Å². The summed E-state index contributed by atoms with van der Waals surface area (Å²) in [5, 5.41) is 4.78. The van der Waals surface area contributed by atoms with Crippen molar-refractivity contribution in [3.63, 3.8) is 0 Å². The molecule has 19 heavy (non-hydrogen) atoms. The maximum atomic E-state index is 13.3. The molecule has 100 valence electrons. The van der Waals surface area contributed by atoms with Gasteiger partial charge in [0.15, 0.2) is 0 Å². The molecule has 2 rings (SSSR count). The van der Waals surface area contributed by atoms with Gasteiger partial charge in [-0.3, -0.25) is 4.79 Å². The highest BCUT2D eigenvalue weighted by Crippen LogP contribution is 2.12. The number of halogens is 1. The van der Waals surface area contributed by atoms with Crippen LogP contribution in [0.5, 0.6) is 0 Å². The third-order valence-electron chi connectivity index (χ3n) is 2.84. The molecule has 2 aromatic rings. The molecule has 1 heterocycles. The summed E-state index contributed by atoms with van der Waals surface area (Å²) in [7, 11) is 0. The van der Waals surface area contributed by atoms with Crippen molar-refractivity contribution in [1.82, 2.24) is 5.32 Å². The number of hydrogen-bond donors (Lipinski definition) is 1. The van der Waals surface area contributed by atoms with Gasteiger partial charge in [-0.05, 0) is 30.4 Å². The first-order valence-corrected chi connectivity index (χ1v) is 7.16. The van der Waals surface area contributed by atoms with E-state index in [1.54, 1.807) is 29.5 Å². The van der Waals surface area contributed by atoms with Crippen molar-refractivity contribution in [2.75, 3.05) is 0 Å². The Kier molecular flexibility index (Phi) is 5.10. The number of benzene rings is 1. The predicted octanol–water partition coefficient (Wildman–Crippen LogP) is 3.53. The number of hydrogen-bond acceptors (Lipinski definition) is 2. The Balaban J connectivity index is 1.69. The van der Waals surface area contributed by atoms with E-state index in [4.69, 9.17) is 0 Å². The quantitative estimate of drug-likeness (QED) is 0.860. The summed E-state index contributed by atoms with van der Waals surface area (Å²) in [5.74, 6) is -0.304. The molecule has 0 aliphatic carbocycles. The second kappa shape index (κ2) is 7.04. The van der Waals surface area contributed by atoms with Gasteiger partial charge < -0.3 is 5.32 Å². The van der Waals surface area contributed by atoms with E-state index in [1.807, 2.05) is 11.4 Å². The lowest BCUT2D eigenvalue weighted by molar-refractivity contribution is -0.121. The first-order chi connectivity index (χ1) is 9.25. The van der Waals surface area contributed by atoms with Crippen molar-refractivity contribution in [2.45, 2.75) is 25.8 Å². The van der Waals surface area contributed by atoms with E-state index in [2.05, 4.69) is 11.4 Å². The first kappa shape index (κ1) is 13.7. The second-order valence-electron chi connectivity index (χ2n) is 4.30. The minimum absolute atomic E-state index is 0.0280. The summed E-state index contributed by atoms with van der Waals surface area (Å²) in [6, 6.07) is 10.6. The number of amides is 1. The van der Waals surface area contributed by atoms with Crippen molar-refractivity contribution < 1.29 is 9.18 Å². The molecule has 0 saturated heterocycles. The highest BCUT2D eigenvalue weighted by atomic mass is 32.1. The van der Waals surface area contributed by atoms with E-state index in [-0.39, 0.29) is 18.3 Å². The zero-order chi connectivity index (χ0) is 13.5. The summed E-state index contributed by atoms with van der Waals surface area (Å²) >= 11 is 1.71. The molecule has 0 unspecified atom stereocenters. The maximum Gasteiger partial charge on any atom is 0.220 e. The van der Waals surface area contributed by atoms with E-state index in [9.17, 15) is 9.18 Å². The molecular formula is C15H16FNOS. The van der Waals surface area contributed by atoms with Crippen LogP contribution in [0.15, 0.2) is 41.8 Å². The molecular weight excluding hydrogens is 261 g/mol. The number of carbonyl (C=O) groups is 1. The van der Waals surface area contributed by atoms with Crippen LogP contribution in [0.3, 0.4) is 0 Å². The Bertz CT molecular complexity index is 525. The molecule has 2 nitrogen and oxygen atoms in total. The monoisotopic (exact) mass is 277 g/mol. The van der Waals surface area contributed by atoms with Gasteiger partial charge in [0.05, 0.1) is 0 Å². The van der Waals surface area contributed by atoms with Gasteiger partial charge in [0, 0.05) is 23.4 Å². The SMILES string of the molecule is O=C(CCCc1cccs1)NCc1ccccc1F. The van der Waals surface area contributed by atoms with Gasteiger partial charge >= 0.3 is 0 Å². The maximum absolute atomic E-state index is 13.3. The number of thiophene rings is 1. The third-order valence-corrected chi connectivity index (χ3v) is 3.78. The average Bonchev–Trinajstić information content (AvgIpc) is 2.91. The third kappa shape index (κ3) is 4.48. The zero-order valence-electron chi connectivity index (χ0n) is 10.6. The van der Waals surface area contributed by atoms with Crippen molar-refractivity contribution in [2.24, 2.45) is 0 Å². The molecule has 1 aromatic carbocycles. The molecule has 1 aromatic heterocycles. The highest BCUT2D eigenvalue weighted by Gasteiger charge is 2.04. The van der Waals surface area contributed by atoms with Gasteiger partial charge in [0.25, 0.3) is 0 Å². The first-order valence-electron chi connectivity index (χ1n) is 6.28. The van der Waals surface area contributed by atoms with Crippen LogP contribution >= 0.6 is 11.3 Å². The van der Waals surface area contributed by atoms with Gasteiger partial charge in [-0.15, -0.1) is 11.3 Å². The van der Waals surface area contributed by atoms with E-state index < -0.39 is 0 Å². The Morgan fingerprint density at radius 2 is 2.05 bits per heavy atom. The minimum atomic E-state index is -0.276. The standard InChI is InChI=1S/C15H16FNOS/c16-14-8-2-1-5-12(14)11-17-15(18)9-3-6-13-7-4-10-19-13/h1-2,4-5,7-8,10H,3,6,9,11H2,(H,17,18). The Hall–Kier alpha value is -1.68. The summed E-state index contributed by atoms with van der Waals surface area (Å²) in [5.41, 5.74) is 0.522. The van der Waals surface area contributed by atoms with Crippen LogP contribution in [-0.4, -0.2) is 5.91 Å². The molecule has 0 fully saturated rings. The fourth-order valence-corrected chi connectivity index (χ4v) is 2.55. The Morgan fingerprint density at radius 1 is 1.21 bits per heavy atom. The lowest BCUT2D eigenvalue weighted by atomic mass is 10.2. The summed E-state index contributed by atoms with van der Waals surface area (Å²) < 4.78 is 13.3. The number of aryl methyl sites for hydroxylation is 1. The molecule has 1 amide bonds. The van der Waals surface area contributed by atoms with E-state index in [1.165, 1.54) is 10.9 Å². The van der Waals surface area contributed by atoms with Crippen LogP contribution < -0.4 is 5.32 Å². The fraction of sp³-hybridized carbons (Fsp3) is 0.267. The van der Waals surface area contributed by atoms with Crippen molar-refractivity contribution in [3.05, 3.63) is 58.0 Å². The Labute approximate surface area is 116 Å². The molecule has 0 radical (unpaired) electrons. The van der Waals surface area contributed by atoms with Crippen LogP contribution in [0.4, 0.5) is 4.39 Å². The van der Waals surface area contributed by atoms with Crippen LogP contribution in [0.1, 0.15) is 23.3 Å². The molecule has 0 aliphatic rings. The molecule has 1 N–H and O–H groups in total. The predicted molar refractivity (Wildman–Crippen MR) is 75.5 cm³/mol. The Morgan fingerprint density at radius 3 is 2.79 bits per heavy atom. The zero-order valence-corrected chi connectivity index (χ0v) is 11.4. The number of carbonyl (C=O) groups excluding carboxylic acids is 1. The van der Waals surface area contributed by atoms with Crippen LogP contribution in [0, 0.1) is 5.82 Å².